The fourth-order valence-electron chi connectivity index (χ4n) is 0.587. The molecule has 0 aliphatic heterocycles. The van der Waals surface area contributed by atoms with Crippen LogP contribution in [0.2, 0.25) is 0 Å². The molecule has 13 heavy (non-hydrogen) atoms. The molecule has 0 radical (unpaired) electrons. The Hall–Kier alpha value is -0.260. The van der Waals surface area contributed by atoms with Crippen molar-refractivity contribution in [3.63, 3.8) is 0 Å². The van der Waals surface area contributed by atoms with E-state index in [-0.39, 0.29) is 12.5 Å². The summed E-state index contributed by atoms with van der Waals surface area (Å²) in [6.07, 6.45) is -5.82. The molecule has 0 fully saturated rings. The lowest BCUT2D eigenvalue weighted by atomic mass is 10.2. The number of hydrogen-bond acceptors (Lipinski definition) is 1. The zero-order valence-electron chi connectivity index (χ0n) is 7.12. The highest BCUT2D eigenvalue weighted by Gasteiger charge is 2.30. The molecule has 78 valence electrons. The van der Waals surface area contributed by atoms with Crippen molar-refractivity contribution in [3.8, 4) is 0 Å². The molecule has 1 amide bonds. The molecule has 1 unspecified atom stereocenters. The van der Waals surface area contributed by atoms with Gasteiger partial charge in [-0.05, 0) is 5.92 Å². The summed E-state index contributed by atoms with van der Waals surface area (Å²) >= 11 is 3.15. The molecule has 0 spiro atoms. The van der Waals surface area contributed by atoms with Crippen molar-refractivity contribution in [2.24, 2.45) is 5.92 Å². The smallest absolute Gasteiger partial charge is 0.356 e. The first kappa shape index (κ1) is 12.7. The van der Waals surface area contributed by atoms with E-state index in [2.05, 4.69) is 21.2 Å². The van der Waals surface area contributed by atoms with Crippen LogP contribution in [-0.2, 0) is 4.79 Å². The monoisotopic (exact) mass is 261 g/mol. The van der Waals surface area contributed by atoms with E-state index in [1.165, 1.54) is 0 Å². The highest BCUT2D eigenvalue weighted by Crippen LogP contribution is 2.18. The summed E-state index contributed by atoms with van der Waals surface area (Å²) in [7, 11) is 0. The summed E-state index contributed by atoms with van der Waals surface area (Å²) in [5, 5.41) is 2.85. The van der Waals surface area contributed by atoms with Crippen LogP contribution < -0.4 is 5.32 Å². The molecule has 0 heterocycles. The predicted octanol–water partition coefficient (Wildman–Crippen LogP) is 2.09. The molecule has 1 atom stereocenters. The van der Waals surface area contributed by atoms with E-state index in [1.807, 2.05) is 6.92 Å². The van der Waals surface area contributed by atoms with E-state index in [9.17, 15) is 18.0 Å². The van der Waals surface area contributed by atoms with Gasteiger partial charge in [-0.25, -0.2) is 0 Å². The summed E-state index contributed by atoms with van der Waals surface area (Å²) in [5.41, 5.74) is 0. The lowest BCUT2D eigenvalue weighted by Crippen LogP contribution is -2.32. The molecule has 0 aliphatic carbocycles. The SMILES string of the molecule is CC(CBr)CNC(=O)CC(F)(F)F. The summed E-state index contributed by atoms with van der Waals surface area (Å²) in [4.78, 5) is 10.6. The third kappa shape index (κ3) is 8.08. The number of halogens is 4. The third-order valence-electron chi connectivity index (χ3n) is 1.27. The quantitative estimate of drug-likeness (QED) is 0.772. The fourth-order valence-corrected chi connectivity index (χ4v) is 0.816. The average Bonchev–Trinajstić information content (AvgIpc) is 1.97. The van der Waals surface area contributed by atoms with E-state index in [4.69, 9.17) is 0 Å². The molecular formula is C7H11BrF3NO. The molecule has 1 N–H and O–H groups in total. The highest BCUT2D eigenvalue weighted by molar-refractivity contribution is 9.09. The van der Waals surface area contributed by atoms with Gasteiger partial charge < -0.3 is 5.32 Å². The molecule has 2 nitrogen and oxygen atoms in total. The number of nitrogens with one attached hydrogen (secondary N) is 1. The lowest BCUT2D eigenvalue weighted by molar-refractivity contribution is -0.153. The van der Waals surface area contributed by atoms with Gasteiger partial charge in [-0.15, -0.1) is 0 Å². The number of hydrogen-bond donors (Lipinski definition) is 1. The highest BCUT2D eigenvalue weighted by atomic mass is 79.9. The van der Waals surface area contributed by atoms with Crippen LogP contribution in [0.1, 0.15) is 13.3 Å². The predicted molar refractivity (Wildman–Crippen MR) is 46.6 cm³/mol. The minimum atomic E-state index is -4.41. The maximum Gasteiger partial charge on any atom is 0.397 e. The second kappa shape index (κ2) is 5.47. The van der Waals surface area contributed by atoms with E-state index < -0.39 is 18.5 Å². The number of amides is 1. The van der Waals surface area contributed by atoms with Gasteiger partial charge in [0.05, 0.1) is 0 Å². The van der Waals surface area contributed by atoms with Crippen molar-refractivity contribution in [1.82, 2.24) is 5.32 Å². The number of carbonyl (C=O) groups excluding carboxylic acids is 1. The van der Waals surface area contributed by atoms with Gasteiger partial charge in [0.15, 0.2) is 0 Å². The second-order valence-corrected chi connectivity index (χ2v) is 3.50. The molecule has 0 bridgehead atoms. The van der Waals surface area contributed by atoms with Gasteiger partial charge in [-0.1, -0.05) is 22.9 Å². The van der Waals surface area contributed by atoms with Crippen LogP contribution in [-0.4, -0.2) is 24.0 Å². The minimum Gasteiger partial charge on any atom is -0.356 e. The maximum atomic E-state index is 11.6. The molecule has 0 rings (SSSR count). The van der Waals surface area contributed by atoms with Crippen LogP contribution in [0.25, 0.3) is 0 Å². The van der Waals surface area contributed by atoms with E-state index >= 15 is 0 Å². The minimum absolute atomic E-state index is 0.136. The molecule has 0 aromatic carbocycles. The van der Waals surface area contributed by atoms with Crippen LogP contribution in [0, 0.1) is 5.92 Å². The van der Waals surface area contributed by atoms with Crippen molar-refractivity contribution < 1.29 is 18.0 Å². The van der Waals surface area contributed by atoms with Gasteiger partial charge >= 0.3 is 6.18 Å². The molecule has 0 saturated carbocycles. The lowest BCUT2D eigenvalue weighted by Gasteiger charge is -2.10. The van der Waals surface area contributed by atoms with Crippen LogP contribution in [0.15, 0.2) is 0 Å². The maximum absolute atomic E-state index is 11.6. The van der Waals surface area contributed by atoms with E-state index in [0.717, 1.165) is 0 Å². The van der Waals surface area contributed by atoms with Crippen LogP contribution >= 0.6 is 15.9 Å². The van der Waals surface area contributed by atoms with Gasteiger partial charge in [0, 0.05) is 11.9 Å². The Balaban J connectivity index is 3.64. The molecule has 0 saturated heterocycles. The van der Waals surface area contributed by atoms with E-state index in [1.54, 1.807) is 0 Å². The third-order valence-corrected chi connectivity index (χ3v) is 2.38. The molecule has 0 aromatic heterocycles. The van der Waals surface area contributed by atoms with Gasteiger partial charge in [0.2, 0.25) is 5.91 Å². The molecule has 0 aliphatic rings. The van der Waals surface area contributed by atoms with Crippen molar-refractivity contribution in [3.05, 3.63) is 0 Å². The first-order valence-electron chi connectivity index (χ1n) is 3.74. The number of carbonyl (C=O) groups is 1. The Labute approximate surface area is 83.0 Å². The van der Waals surface area contributed by atoms with Crippen LogP contribution in [0.5, 0.6) is 0 Å². The molecule has 6 heteroatoms. The van der Waals surface area contributed by atoms with Crippen LogP contribution in [0.4, 0.5) is 13.2 Å². The zero-order valence-corrected chi connectivity index (χ0v) is 8.70. The summed E-state index contributed by atoms with van der Waals surface area (Å²) in [6, 6.07) is 0. The van der Waals surface area contributed by atoms with E-state index in [0.29, 0.717) is 5.33 Å². The number of rotatable bonds is 4. The zero-order chi connectivity index (χ0) is 10.5. The number of alkyl halides is 4. The first-order chi connectivity index (χ1) is 5.85. The Morgan fingerprint density at radius 1 is 1.54 bits per heavy atom. The Morgan fingerprint density at radius 3 is 2.46 bits per heavy atom. The Morgan fingerprint density at radius 2 is 2.08 bits per heavy atom. The standard InChI is InChI=1S/C7H11BrF3NO/c1-5(3-8)4-12-6(13)2-7(9,10)11/h5H,2-4H2,1H3,(H,12,13). The molecular weight excluding hydrogens is 251 g/mol. The summed E-state index contributed by atoms with van der Waals surface area (Å²) < 4.78 is 34.9. The Bertz CT molecular complexity index is 172. The summed E-state index contributed by atoms with van der Waals surface area (Å²) in [6.45, 7) is 2.09. The Kier molecular flexibility index (Phi) is 5.36. The topological polar surface area (TPSA) is 29.1 Å². The van der Waals surface area contributed by atoms with Gasteiger partial charge in [0.1, 0.15) is 6.42 Å². The average molecular weight is 262 g/mol. The summed E-state index contributed by atoms with van der Waals surface area (Å²) in [5.74, 6) is -0.836. The largest absolute Gasteiger partial charge is 0.397 e. The molecule has 0 aromatic rings. The van der Waals surface area contributed by atoms with Crippen molar-refractivity contribution in [2.75, 3.05) is 11.9 Å². The van der Waals surface area contributed by atoms with Crippen molar-refractivity contribution in [2.45, 2.75) is 19.5 Å². The fraction of sp³-hybridized carbons (Fsp3) is 0.857. The van der Waals surface area contributed by atoms with Crippen molar-refractivity contribution in [1.29, 1.82) is 0 Å². The van der Waals surface area contributed by atoms with Crippen molar-refractivity contribution >= 4 is 21.8 Å². The first-order valence-corrected chi connectivity index (χ1v) is 4.86. The normalized spacial score (nSPS) is 13.9. The second-order valence-electron chi connectivity index (χ2n) is 2.86. The van der Waals surface area contributed by atoms with Gasteiger partial charge in [-0.2, -0.15) is 13.2 Å². The van der Waals surface area contributed by atoms with Gasteiger partial charge in [0.25, 0.3) is 0 Å². The van der Waals surface area contributed by atoms with Crippen LogP contribution in [0.3, 0.4) is 0 Å². The van der Waals surface area contributed by atoms with Gasteiger partial charge in [-0.3, -0.25) is 4.79 Å².